The predicted octanol–water partition coefficient (Wildman–Crippen LogP) is 4.41. The van der Waals surface area contributed by atoms with E-state index in [4.69, 9.17) is 5.73 Å². The van der Waals surface area contributed by atoms with Crippen LogP contribution in [0.25, 0.3) is 11.3 Å². The number of anilines is 3. The maximum Gasteiger partial charge on any atom is 0.269 e. The second kappa shape index (κ2) is 11.4. The third-order valence-corrected chi connectivity index (χ3v) is 5.90. The Morgan fingerprint density at radius 1 is 1.03 bits per heavy atom. The molecule has 8 heteroatoms. The summed E-state index contributed by atoms with van der Waals surface area (Å²) >= 11 is 0. The normalized spacial score (nSPS) is 12.8. The summed E-state index contributed by atoms with van der Waals surface area (Å²) in [6.07, 6.45) is 5.45. The van der Waals surface area contributed by atoms with E-state index in [1.165, 1.54) is 12.8 Å². The number of amides is 2. The Labute approximate surface area is 199 Å². The molecule has 1 saturated carbocycles. The number of unbranched alkanes of at least 4 members (excludes halogenated alkanes) is 2. The van der Waals surface area contributed by atoms with Crippen LogP contribution in [-0.2, 0) is 4.79 Å². The third kappa shape index (κ3) is 6.84. The first kappa shape index (κ1) is 23.4. The lowest BCUT2D eigenvalue weighted by molar-refractivity contribution is -0.116. The zero-order chi connectivity index (χ0) is 23.8. The molecule has 0 bridgehead atoms. The van der Waals surface area contributed by atoms with Crippen LogP contribution >= 0.6 is 0 Å². The van der Waals surface area contributed by atoms with Gasteiger partial charge in [-0.05, 0) is 61.9 Å². The number of hydrogen-bond acceptors (Lipinski definition) is 5. The molecule has 1 fully saturated rings. The number of hydrogen-bond donors (Lipinski definition) is 5. The Hall–Kier alpha value is -3.81. The van der Waals surface area contributed by atoms with Crippen LogP contribution in [0.3, 0.4) is 0 Å². The number of rotatable bonds is 12. The minimum Gasteiger partial charge on any atom is -0.397 e. The molecule has 0 unspecified atom stereocenters. The van der Waals surface area contributed by atoms with Crippen LogP contribution in [0.1, 0.15) is 49.0 Å². The van der Waals surface area contributed by atoms with Crippen molar-refractivity contribution in [3.8, 4) is 11.3 Å². The smallest absolute Gasteiger partial charge is 0.269 e. The van der Waals surface area contributed by atoms with E-state index in [-0.39, 0.29) is 11.8 Å². The fraction of sp³-hybridized carbons (Fsp3) is 0.346. The van der Waals surface area contributed by atoms with Gasteiger partial charge in [-0.2, -0.15) is 5.10 Å². The minimum atomic E-state index is -0.182. The number of nitrogen functional groups attached to an aromatic ring is 1. The molecule has 178 valence electrons. The van der Waals surface area contributed by atoms with Gasteiger partial charge in [0, 0.05) is 30.8 Å². The van der Waals surface area contributed by atoms with Gasteiger partial charge in [-0.15, -0.1) is 0 Å². The molecule has 0 saturated heterocycles. The second-order valence-corrected chi connectivity index (χ2v) is 8.77. The van der Waals surface area contributed by atoms with Gasteiger partial charge in [0.05, 0.1) is 17.1 Å². The van der Waals surface area contributed by atoms with E-state index in [9.17, 15) is 9.59 Å². The first-order valence-electron chi connectivity index (χ1n) is 11.9. The zero-order valence-electron chi connectivity index (χ0n) is 19.3. The molecule has 1 aromatic heterocycles. The number of nitrogens with zero attached hydrogens (tertiary/aromatic N) is 1. The molecule has 4 rings (SSSR count). The van der Waals surface area contributed by atoms with Gasteiger partial charge in [0.1, 0.15) is 5.69 Å². The fourth-order valence-electron chi connectivity index (χ4n) is 3.64. The van der Waals surface area contributed by atoms with Crippen LogP contribution in [0.2, 0.25) is 0 Å². The summed E-state index contributed by atoms with van der Waals surface area (Å²) in [5.74, 6) is 0.587. The van der Waals surface area contributed by atoms with Crippen LogP contribution in [0, 0.1) is 5.92 Å². The maximum absolute atomic E-state index is 12.4. The monoisotopic (exact) mass is 460 g/mol. The van der Waals surface area contributed by atoms with Gasteiger partial charge in [-0.25, -0.2) is 0 Å². The quantitative estimate of drug-likeness (QED) is 0.202. The molecule has 8 nitrogen and oxygen atoms in total. The maximum atomic E-state index is 12.4. The van der Waals surface area contributed by atoms with Crippen LogP contribution in [0.4, 0.5) is 17.1 Å². The molecule has 1 heterocycles. The predicted molar refractivity (Wildman–Crippen MR) is 136 cm³/mol. The summed E-state index contributed by atoms with van der Waals surface area (Å²) in [6.45, 7) is 1.57. The number of aromatic nitrogens is 2. The van der Waals surface area contributed by atoms with Crippen molar-refractivity contribution in [2.45, 2.75) is 38.5 Å². The first-order valence-corrected chi connectivity index (χ1v) is 11.9. The number of benzene rings is 2. The number of nitrogens with one attached hydrogen (secondary N) is 4. The molecule has 0 atom stereocenters. The Bertz CT molecular complexity index is 1100. The van der Waals surface area contributed by atoms with E-state index < -0.39 is 0 Å². The molecule has 2 aromatic carbocycles. The highest BCUT2D eigenvalue weighted by Gasteiger charge is 2.20. The molecule has 1 aliphatic carbocycles. The van der Waals surface area contributed by atoms with Crippen molar-refractivity contribution in [2.75, 3.05) is 29.5 Å². The van der Waals surface area contributed by atoms with E-state index in [2.05, 4.69) is 26.1 Å². The van der Waals surface area contributed by atoms with E-state index >= 15 is 0 Å². The van der Waals surface area contributed by atoms with Gasteiger partial charge in [0.2, 0.25) is 5.91 Å². The van der Waals surface area contributed by atoms with Crippen molar-refractivity contribution < 1.29 is 9.59 Å². The van der Waals surface area contributed by atoms with Crippen molar-refractivity contribution in [3.63, 3.8) is 0 Å². The Kier molecular flexibility index (Phi) is 7.80. The molecule has 0 spiro atoms. The molecule has 3 aromatic rings. The van der Waals surface area contributed by atoms with Crippen LogP contribution in [-0.4, -0.2) is 35.1 Å². The van der Waals surface area contributed by atoms with Crippen LogP contribution in [0.5, 0.6) is 0 Å². The van der Waals surface area contributed by atoms with Gasteiger partial charge < -0.3 is 21.7 Å². The number of H-pyrrole nitrogens is 1. The molecule has 0 aliphatic heterocycles. The number of nitrogens with two attached hydrogens (primary N) is 1. The standard InChI is InChI=1S/C26H32N6O2/c27-21-6-3-4-7-22(21)30-25(33)8-2-1-5-15-28-26(34)24-16-23(31-32-24)19-11-13-20(14-12-19)29-17-18-9-10-18/h3-4,6-7,11-14,16,18,29H,1-2,5,8-10,15,17,27H2,(H,28,34)(H,30,33)(H,31,32). The van der Waals surface area contributed by atoms with E-state index in [0.717, 1.165) is 48.7 Å². The fourth-order valence-corrected chi connectivity index (χ4v) is 3.64. The number of carbonyl (C=O) groups excluding carboxylic acids is 2. The van der Waals surface area contributed by atoms with E-state index in [0.29, 0.717) is 30.0 Å². The van der Waals surface area contributed by atoms with Gasteiger partial charge in [-0.1, -0.05) is 30.7 Å². The van der Waals surface area contributed by atoms with Gasteiger partial charge in [0.15, 0.2) is 0 Å². The van der Waals surface area contributed by atoms with Crippen molar-refractivity contribution in [2.24, 2.45) is 5.92 Å². The highest BCUT2D eigenvalue weighted by Crippen LogP contribution is 2.29. The van der Waals surface area contributed by atoms with Gasteiger partial charge in [-0.3, -0.25) is 14.7 Å². The Balaban J connectivity index is 1.13. The number of aromatic amines is 1. The van der Waals surface area contributed by atoms with Gasteiger partial charge in [0.25, 0.3) is 5.91 Å². The van der Waals surface area contributed by atoms with E-state index in [1.807, 2.05) is 36.4 Å². The zero-order valence-corrected chi connectivity index (χ0v) is 19.3. The SMILES string of the molecule is Nc1ccccc1NC(=O)CCCCCNC(=O)c1cc(-c2ccc(NCC3CC3)cc2)n[nH]1. The Morgan fingerprint density at radius 3 is 2.59 bits per heavy atom. The Morgan fingerprint density at radius 2 is 1.82 bits per heavy atom. The van der Waals surface area contributed by atoms with Crippen LogP contribution in [0.15, 0.2) is 54.6 Å². The number of para-hydroxylation sites is 2. The largest absolute Gasteiger partial charge is 0.397 e. The number of carbonyl (C=O) groups is 2. The lowest BCUT2D eigenvalue weighted by atomic mass is 10.1. The summed E-state index contributed by atoms with van der Waals surface area (Å²) in [4.78, 5) is 24.4. The topological polar surface area (TPSA) is 125 Å². The summed E-state index contributed by atoms with van der Waals surface area (Å²) in [6, 6.07) is 17.1. The van der Waals surface area contributed by atoms with Crippen molar-refractivity contribution in [3.05, 3.63) is 60.3 Å². The van der Waals surface area contributed by atoms with Crippen molar-refractivity contribution in [1.29, 1.82) is 0 Å². The summed E-state index contributed by atoms with van der Waals surface area (Å²) in [5, 5.41) is 16.3. The lowest BCUT2D eigenvalue weighted by Crippen LogP contribution is -2.24. The molecule has 34 heavy (non-hydrogen) atoms. The van der Waals surface area contributed by atoms with Gasteiger partial charge >= 0.3 is 0 Å². The van der Waals surface area contributed by atoms with E-state index in [1.54, 1.807) is 18.2 Å². The summed E-state index contributed by atoms with van der Waals surface area (Å²) < 4.78 is 0. The van der Waals surface area contributed by atoms with Crippen LogP contribution < -0.4 is 21.7 Å². The highest BCUT2D eigenvalue weighted by atomic mass is 16.2. The lowest BCUT2D eigenvalue weighted by Gasteiger charge is -2.08. The summed E-state index contributed by atoms with van der Waals surface area (Å²) in [7, 11) is 0. The average molecular weight is 461 g/mol. The molecular weight excluding hydrogens is 428 g/mol. The first-order chi connectivity index (χ1) is 16.6. The van der Waals surface area contributed by atoms with Crippen molar-refractivity contribution in [1.82, 2.24) is 15.5 Å². The second-order valence-electron chi connectivity index (χ2n) is 8.77. The third-order valence-electron chi connectivity index (χ3n) is 5.90. The molecule has 6 N–H and O–H groups in total. The van der Waals surface area contributed by atoms with Crippen molar-refractivity contribution >= 4 is 28.9 Å². The summed E-state index contributed by atoms with van der Waals surface area (Å²) in [5.41, 5.74) is 10.3. The minimum absolute atomic E-state index is 0.0568. The molecule has 2 amide bonds. The molecule has 0 radical (unpaired) electrons. The average Bonchev–Trinajstić information content (AvgIpc) is 3.55. The highest BCUT2D eigenvalue weighted by molar-refractivity contribution is 5.94. The molecular formula is C26H32N6O2. The molecule has 1 aliphatic rings.